The number of anilines is 1. The number of rotatable bonds is 4. The van der Waals surface area contributed by atoms with Gasteiger partial charge in [-0.15, -0.1) is 0 Å². The third kappa shape index (κ3) is 2.94. The molecule has 0 unspecified atom stereocenters. The van der Waals surface area contributed by atoms with Crippen molar-refractivity contribution in [2.24, 2.45) is 0 Å². The summed E-state index contributed by atoms with van der Waals surface area (Å²) in [5, 5.41) is 12.7. The molecular formula is C12H14N2O2S. The molecule has 1 heterocycles. The van der Waals surface area contributed by atoms with Crippen molar-refractivity contribution in [2.75, 3.05) is 5.32 Å². The third-order valence-electron chi connectivity index (χ3n) is 2.33. The summed E-state index contributed by atoms with van der Waals surface area (Å²) in [6.45, 7) is 3.71. The van der Waals surface area contributed by atoms with Crippen molar-refractivity contribution < 1.29 is 9.90 Å². The van der Waals surface area contributed by atoms with Gasteiger partial charge in [0.25, 0.3) is 0 Å². The summed E-state index contributed by atoms with van der Waals surface area (Å²) in [5.41, 5.74) is 0.436. The molecule has 0 aliphatic carbocycles. The lowest BCUT2D eigenvalue weighted by Gasteiger charge is -2.23. The molecule has 0 saturated heterocycles. The van der Waals surface area contributed by atoms with Crippen LogP contribution in [0.2, 0.25) is 0 Å². The number of hydrogen-bond donors (Lipinski definition) is 2. The lowest BCUT2D eigenvalue weighted by molar-refractivity contribution is -0.137. The van der Waals surface area contributed by atoms with Crippen molar-refractivity contribution in [3.8, 4) is 0 Å². The van der Waals surface area contributed by atoms with Crippen LogP contribution in [0.15, 0.2) is 24.3 Å². The average Bonchev–Trinajstić information content (AvgIpc) is 2.55. The number of aromatic nitrogens is 1. The standard InChI is InChI=1S/C12H14N2O2S/c1-12(2,7-10(15)16)14-11-13-8-5-3-4-6-9(8)17-11/h3-6H,7H2,1-2H3,(H,13,14)(H,15,16). The second kappa shape index (κ2) is 4.33. The molecule has 1 aromatic carbocycles. The first-order valence-corrected chi connectivity index (χ1v) is 6.13. The summed E-state index contributed by atoms with van der Waals surface area (Å²) in [7, 11) is 0. The van der Waals surface area contributed by atoms with E-state index in [0.29, 0.717) is 0 Å². The van der Waals surface area contributed by atoms with E-state index >= 15 is 0 Å². The largest absolute Gasteiger partial charge is 0.481 e. The Balaban J connectivity index is 2.20. The highest BCUT2D eigenvalue weighted by Gasteiger charge is 2.22. The number of hydrogen-bond acceptors (Lipinski definition) is 4. The zero-order chi connectivity index (χ0) is 12.5. The number of carbonyl (C=O) groups is 1. The molecule has 1 aromatic heterocycles. The van der Waals surface area contributed by atoms with E-state index in [1.54, 1.807) is 0 Å². The Labute approximate surface area is 103 Å². The van der Waals surface area contributed by atoms with Crippen LogP contribution in [0.25, 0.3) is 10.2 Å². The van der Waals surface area contributed by atoms with Crippen LogP contribution in [-0.4, -0.2) is 21.6 Å². The molecule has 0 aliphatic rings. The third-order valence-corrected chi connectivity index (χ3v) is 3.28. The summed E-state index contributed by atoms with van der Waals surface area (Å²) < 4.78 is 1.10. The maximum atomic E-state index is 10.7. The highest BCUT2D eigenvalue weighted by molar-refractivity contribution is 7.22. The molecule has 0 spiro atoms. The second-order valence-electron chi connectivity index (χ2n) is 4.57. The van der Waals surface area contributed by atoms with Crippen LogP contribution < -0.4 is 5.32 Å². The van der Waals surface area contributed by atoms with E-state index in [0.717, 1.165) is 15.3 Å². The number of thiazole rings is 1. The topological polar surface area (TPSA) is 62.2 Å². The molecule has 0 amide bonds. The summed E-state index contributed by atoms with van der Waals surface area (Å²) in [6.07, 6.45) is 0.0585. The van der Waals surface area contributed by atoms with Gasteiger partial charge in [0.1, 0.15) is 0 Å². The molecule has 2 aromatic rings. The molecule has 5 heteroatoms. The van der Waals surface area contributed by atoms with Gasteiger partial charge in [0.05, 0.1) is 16.6 Å². The van der Waals surface area contributed by atoms with Crippen molar-refractivity contribution in [1.82, 2.24) is 4.98 Å². The SMILES string of the molecule is CC(C)(CC(=O)O)Nc1nc2ccccc2s1. The predicted octanol–water partition coefficient (Wildman–Crippen LogP) is 2.96. The average molecular weight is 250 g/mol. The maximum absolute atomic E-state index is 10.7. The molecule has 0 fully saturated rings. The van der Waals surface area contributed by atoms with E-state index < -0.39 is 11.5 Å². The van der Waals surface area contributed by atoms with Crippen LogP contribution in [-0.2, 0) is 4.79 Å². The molecule has 90 valence electrons. The van der Waals surface area contributed by atoms with Crippen LogP contribution in [0.5, 0.6) is 0 Å². The summed E-state index contributed by atoms with van der Waals surface area (Å²) >= 11 is 1.54. The molecule has 2 rings (SSSR count). The Bertz CT molecular complexity index is 515. The van der Waals surface area contributed by atoms with Crippen molar-refractivity contribution in [2.45, 2.75) is 25.8 Å². The zero-order valence-electron chi connectivity index (χ0n) is 9.73. The van der Waals surface area contributed by atoms with Crippen LogP contribution in [0.1, 0.15) is 20.3 Å². The predicted molar refractivity (Wildman–Crippen MR) is 69.6 cm³/mol. The number of carboxylic acid groups (broad SMARTS) is 1. The highest BCUT2D eigenvalue weighted by Crippen LogP contribution is 2.28. The first-order valence-electron chi connectivity index (χ1n) is 5.32. The van der Waals surface area contributed by atoms with Gasteiger partial charge in [0.2, 0.25) is 0 Å². The normalized spacial score (nSPS) is 11.6. The van der Waals surface area contributed by atoms with Crippen LogP contribution in [0.4, 0.5) is 5.13 Å². The fourth-order valence-corrected chi connectivity index (χ4v) is 2.68. The van der Waals surface area contributed by atoms with Gasteiger partial charge in [-0.05, 0) is 26.0 Å². The molecule has 0 radical (unpaired) electrons. The van der Waals surface area contributed by atoms with Gasteiger partial charge in [0, 0.05) is 5.54 Å². The smallest absolute Gasteiger partial charge is 0.305 e. The number of aliphatic carboxylic acids is 1. The number of nitrogens with one attached hydrogen (secondary N) is 1. The first kappa shape index (κ1) is 11.9. The van der Waals surface area contributed by atoms with Gasteiger partial charge >= 0.3 is 5.97 Å². The van der Waals surface area contributed by atoms with E-state index in [1.165, 1.54) is 11.3 Å². The summed E-state index contributed by atoms with van der Waals surface area (Å²) in [5.74, 6) is -0.816. The number of para-hydroxylation sites is 1. The molecular weight excluding hydrogens is 236 g/mol. The van der Waals surface area contributed by atoms with Crippen LogP contribution in [0.3, 0.4) is 0 Å². The van der Waals surface area contributed by atoms with E-state index in [-0.39, 0.29) is 6.42 Å². The molecule has 0 bridgehead atoms. The number of fused-ring (bicyclic) bond motifs is 1. The van der Waals surface area contributed by atoms with Gasteiger partial charge in [-0.3, -0.25) is 4.79 Å². The van der Waals surface area contributed by atoms with Gasteiger partial charge in [0.15, 0.2) is 5.13 Å². The summed E-state index contributed by atoms with van der Waals surface area (Å²) in [4.78, 5) is 15.1. The number of carboxylic acids is 1. The zero-order valence-corrected chi connectivity index (χ0v) is 10.5. The Morgan fingerprint density at radius 1 is 1.47 bits per heavy atom. The minimum Gasteiger partial charge on any atom is -0.481 e. The second-order valence-corrected chi connectivity index (χ2v) is 5.60. The van der Waals surface area contributed by atoms with Crippen molar-refractivity contribution in [3.05, 3.63) is 24.3 Å². The minimum absolute atomic E-state index is 0.0585. The van der Waals surface area contributed by atoms with E-state index in [9.17, 15) is 4.79 Å². The van der Waals surface area contributed by atoms with E-state index in [4.69, 9.17) is 5.11 Å². The molecule has 0 atom stereocenters. The van der Waals surface area contributed by atoms with Crippen molar-refractivity contribution in [3.63, 3.8) is 0 Å². The molecule has 2 N–H and O–H groups in total. The lowest BCUT2D eigenvalue weighted by Crippen LogP contribution is -2.33. The number of benzene rings is 1. The highest BCUT2D eigenvalue weighted by atomic mass is 32.1. The lowest BCUT2D eigenvalue weighted by atomic mass is 10.0. The van der Waals surface area contributed by atoms with Crippen LogP contribution in [0, 0.1) is 0 Å². The van der Waals surface area contributed by atoms with Gasteiger partial charge in [-0.25, -0.2) is 4.98 Å². The van der Waals surface area contributed by atoms with Crippen molar-refractivity contribution >= 4 is 32.7 Å². The quantitative estimate of drug-likeness (QED) is 0.875. The van der Waals surface area contributed by atoms with E-state index in [1.807, 2.05) is 38.1 Å². The maximum Gasteiger partial charge on any atom is 0.305 e. The van der Waals surface area contributed by atoms with Gasteiger partial charge in [-0.1, -0.05) is 23.5 Å². The summed E-state index contributed by atoms with van der Waals surface area (Å²) in [6, 6.07) is 7.85. The fraction of sp³-hybridized carbons (Fsp3) is 0.333. The van der Waals surface area contributed by atoms with Crippen LogP contribution >= 0.6 is 11.3 Å². The van der Waals surface area contributed by atoms with E-state index in [2.05, 4.69) is 10.3 Å². The minimum atomic E-state index is -0.816. The molecule has 4 nitrogen and oxygen atoms in total. The number of nitrogens with zero attached hydrogens (tertiary/aromatic N) is 1. The van der Waals surface area contributed by atoms with Crippen molar-refractivity contribution in [1.29, 1.82) is 0 Å². The Kier molecular flexibility index (Phi) is 3.02. The fourth-order valence-electron chi connectivity index (χ4n) is 1.64. The first-order chi connectivity index (χ1) is 7.96. The van der Waals surface area contributed by atoms with Gasteiger partial charge in [-0.2, -0.15) is 0 Å². The molecule has 0 aliphatic heterocycles. The Hall–Kier alpha value is -1.62. The molecule has 17 heavy (non-hydrogen) atoms. The Morgan fingerprint density at radius 2 is 2.18 bits per heavy atom. The Morgan fingerprint density at radius 3 is 2.82 bits per heavy atom. The monoisotopic (exact) mass is 250 g/mol. The van der Waals surface area contributed by atoms with Gasteiger partial charge < -0.3 is 10.4 Å². The molecule has 0 saturated carbocycles.